The summed E-state index contributed by atoms with van der Waals surface area (Å²) in [5.41, 5.74) is 0.999. The van der Waals surface area contributed by atoms with Gasteiger partial charge in [-0.1, -0.05) is 0 Å². The van der Waals surface area contributed by atoms with Crippen LogP contribution in [0.25, 0.3) is 11.4 Å². The first-order chi connectivity index (χ1) is 7.83. The van der Waals surface area contributed by atoms with E-state index < -0.39 is 0 Å². The molecule has 1 unspecified atom stereocenters. The molecule has 2 rings (SSSR count). The third kappa shape index (κ3) is 2.12. The minimum atomic E-state index is -0.0114. The second-order valence-electron chi connectivity index (χ2n) is 3.45. The SMILES string of the molecule is CCOC(C)n1ccnc1-c1cccnc1. The summed E-state index contributed by atoms with van der Waals surface area (Å²) < 4.78 is 7.55. The van der Waals surface area contributed by atoms with Crippen molar-refractivity contribution in [2.24, 2.45) is 0 Å². The molecule has 0 amide bonds. The molecule has 0 saturated heterocycles. The topological polar surface area (TPSA) is 39.9 Å². The van der Waals surface area contributed by atoms with E-state index in [2.05, 4.69) is 9.97 Å². The first-order valence-corrected chi connectivity index (χ1v) is 5.37. The van der Waals surface area contributed by atoms with Crippen molar-refractivity contribution in [1.29, 1.82) is 0 Å². The summed E-state index contributed by atoms with van der Waals surface area (Å²) in [7, 11) is 0. The summed E-state index contributed by atoms with van der Waals surface area (Å²) in [6, 6.07) is 3.89. The Morgan fingerprint density at radius 2 is 2.31 bits per heavy atom. The lowest BCUT2D eigenvalue weighted by Crippen LogP contribution is -2.09. The van der Waals surface area contributed by atoms with Crippen LogP contribution in [0.1, 0.15) is 20.1 Å². The Labute approximate surface area is 94.9 Å². The van der Waals surface area contributed by atoms with Gasteiger partial charge >= 0.3 is 0 Å². The maximum absolute atomic E-state index is 5.55. The van der Waals surface area contributed by atoms with Crippen molar-refractivity contribution in [2.75, 3.05) is 6.61 Å². The molecule has 1 atom stereocenters. The van der Waals surface area contributed by atoms with Crippen molar-refractivity contribution in [3.05, 3.63) is 36.9 Å². The van der Waals surface area contributed by atoms with Crippen LogP contribution in [0.2, 0.25) is 0 Å². The Kier molecular flexibility index (Phi) is 3.31. The van der Waals surface area contributed by atoms with Crippen LogP contribution in [0.4, 0.5) is 0 Å². The molecule has 2 heterocycles. The third-order valence-corrected chi connectivity index (χ3v) is 2.39. The Balaban J connectivity index is 2.33. The zero-order chi connectivity index (χ0) is 11.4. The Bertz CT molecular complexity index is 439. The van der Waals surface area contributed by atoms with E-state index in [-0.39, 0.29) is 6.23 Å². The zero-order valence-electron chi connectivity index (χ0n) is 9.50. The van der Waals surface area contributed by atoms with Crippen molar-refractivity contribution in [1.82, 2.24) is 14.5 Å². The summed E-state index contributed by atoms with van der Waals surface area (Å²) in [6.07, 6.45) is 7.24. The van der Waals surface area contributed by atoms with E-state index in [4.69, 9.17) is 4.74 Å². The molecule has 4 heteroatoms. The van der Waals surface area contributed by atoms with Crippen molar-refractivity contribution < 1.29 is 4.74 Å². The van der Waals surface area contributed by atoms with Gasteiger partial charge < -0.3 is 9.30 Å². The fraction of sp³-hybridized carbons (Fsp3) is 0.333. The number of rotatable bonds is 4. The van der Waals surface area contributed by atoms with Gasteiger partial charge in [-0.2, -0.15) is 0 Å². The van der Waals surface area contributed by atoms with Gasteiger partial charge in [0.05, 0.1) is 0 Å². The van der Waals surface area contributed by atoms with Crippen molar-refractivity contribution in [3.8, 4) is 11.4 Å². The summed E-state index contributed by atoms with van der Waals surface area (Å²) in [4.78, 5) is 8.43. The largest absolute Gasteiger partial charge is 0.359 e. The Hall–Kier alpha value is -1.68. The highest BCUT2D eigenvalue weighted by Gasteiger charge is 2.10. The minimum absolute atomic E-state index is 0.0114. The number of imidazole rings is 1. The van der Waals surface area contributed by atoms with Crippen LogP contribution in [0.3, 0.4) is 0 Å². The lowest BCUT2D eigenvalue weighted by molar-refractivity contribution is 0.0259. The number of hydrogen-bond acceptors (Lipinski definition) is 3. The van der Waals surface area contributed by atoms with Crippen molar-refractivity contribution in [2.45, 2.75) is 20.1 Å². The predicted molar refractivity (Wildman–Crippen MR) is 61.8 cm³/mol. The van der Waals surface area contributed by atoms with Crippen LogP contribution in [0.15, 0.2) is 36.9 Å². The van der Waals surface area contributed by atoms with Crippen LogP contribution in [-0.2, 0) is 4.74 Å². The van der Waals surface area contributed by atoms with Gasteiger partial charge in [-0.25, -0.2) is 4.98 Å². The van der Waals surface area contributed by atoms with Crippen LogP contribution < -0.4 is 0 Å². The number of aromatic nitrogens is 3. The summed E-state index contributed by atoms with van der Waals surface area (Å²) in [6.45, 7) is 4.67. The van der Waals surface area contributed by atoms with Gasteiger partial charge in [-0.05, 0) is 26.0 Å². The Morgan fingerprint density at radius 3 is 3.00 bits per heavy atom. The monoisotopic (exact) mass is 217 g/mol. The summed E-state index contributed by atoms with van der Waals surface area (Å²) in [5.74, 6) is 0.883. The highest BCUT2D eigenvalue weighted by atomic mass is 16.5. The lowest BCUT2D eigenvalue weighted by Gasteiger charge is -2.15. The number of hydrogen-bond donors (Lipinski definition) is 0. The second kappa shape index (κ2) is 4.90. The van der Waals surface area contributed by atoms with Gasteiger partial charge in [-0.15, -0.1) is 0 Å². The van der Waals surface area contributed by atoms with Crippen molar-refractivity contribution >= 4 is 0 Å². The van der Waals surface area contributed by atoms with Crippen LogP contribution >= 0.6 is 0 Å². The molecule has 4 nitrogen and oxygen atoms in total. The highest BCUT2D eigenvalue weighted by Crippen LogP contribution is 2.20. The van der Waals surface area contributed by atoms with Gasteiger partial charge in [-0.3, -0.25) is 4.98 Å². The van der Waals surface area contributed by atoms with E-state index in [0.717, 1.165) is 11.4 Å². The van der Waals surface area contributed by atoms with Gasteiger partial charge in [0.2, 0.25) is 0 Å². The van der Waals surface area contributed by atoms with E-state index in [0.29, 0.717) is 6.61 Å². The molecular weight excluding hydrogens is 202 g/mol. The number of pyridine rings is 1. The zero-order valence-corrected chi connectivity index (χ0v) is 9.50. The lowest BCUT2D eigenvalue weighted by atomic mass is 10.3. The summed E-state index contributed by atoms with van der Waals surface area (Å²) in [5, 5.41) is 0. The third-order valence-electron chi connectivity index (χ3n) is 2.39. The quantitative estimate of drug-likeness (QED) is 0.790. The molecule has 16 heavy (non-hydrogen) atoms. The molecule has 0 aliphatic carbocycles. The highest BCUT2D eigenvalue weighted by molar-refractivity contribution is 5.53. The minimum Gasteiger partial charge on any atom is -0.359 e. The van der Waals surface area contributed by atoms with Crippen LogP contribution in [0, 0.1) is 0 Å². The second-order valence-corrected chi connectivity index (χ2v) is 3.45. The first-order valence-electron chi connectivity index (χ1n) is 5.37. The average molecular weight is 217 g/mol. The molecule has 0 bridgehead atoms. The van der Waals surface area contributed by atoms with E-state index in [9.17, 15) is 0 Å². The molecule has 0 spiro atoms. The van der Waals surface area contributed by atoms with Gasteiger partial charge in [0.25, 0.3) is 0 Å². The van der Waals surface area contributed by atoms with E-state index in [1.54, 1.807) is 18.6 Å². The molecule has 2 aromatic heterocycles. The summed E-state index contributed by atoms with van der Waals surface area (Å²) >= 11 is 0. The molecule has 0 saturated carbocycles. The molecule has 0 N–H and O–H groups in total. The normalized spacial score (nSPS) is 12.6. The van der Waals surface area contributed by atoms with Gasteiger partial charge in [0.15, 0.2) is 0 Å². The molecule has 0 fully saturated rings. The van der Waals surface area contributed by atoms with E-state index >= 15 is 0 Å². The number of ether oxygens (including phenoxy) is 1. The fourth-order valence-corrected chi connectivity index (χ4v) is 1.65. The van der Waals surface area contributed by atoms with E-state index in [1.807, 2.05) is 36.7 Å². The Morgan fingerprint density at radius 1 is 1.44 bits per heavy atom. The van der Waals surface area contributed by atoms with Gasteiger partial charge in [0.1, 0.15) is 12.1 Å². The maximum atomic E-state index is 5.55. The van der Waals surface area contributed by atoms with Crippen molar-refractivity contribution in [3.63, 3.8) is 0 Å². The fourth-order valence-electron chi connectivity index (χ4n) is 1.65. The maximum Gasteiger partial charge on any atom is 0.143 e. The molecule has 2 aromatic rings. The number of nitrogens with zero attached hydrogens (tertiary/aromatic N) is 3. The predicted octanol–water partition coefficient (Wildman–Crippen LogP) is 2.50. The van der Waals surface area contributed by atoms with Crippen LogP contribution in [0.5, 0.6) is 0 Å². The molecule has 84 valence electrons. The molecule has 0 aromatic carbocycles. The molecular formula is C12H15N3O. The standard InChI is InChI=1S/C12H15N3O/c1-3-16-10(2)15-8-7-14-12(15)11-5-4-6-13-9-11/h4-10H,3H2,1-2H3. The first kappa shape index (κ1) is 10.8. The van der Waals surface area contributed by atoms with E-state index in [1.165, 1.54) is 0 Å². The molecule has 0 radical (unpaired) electrons. The molecule has 0 aliphatic heterocycles. The van der Waals surface area contributed by atoms with Crippen LogP contribution in [-0.4, -0.2) is 21.1 Å². The molecule has 0 aliphatic rings. The average Bonchev–Trinajstić information content (AvgIpc) is 2.79. The smallest absolute Gasteiger partial charge is 0.143 e. The van der Waals surface area contributed by atoms with Gasteiger partial charge in [0, 0.05) is 37.0 Å².